The van der Waals surface area contributed by atoms with Crippen molar-refractivity contribution in [2.75, 3.05) is 26.4 Å². The van der Waals surface area contributed by atoms with Crippen molar-refractivity contribution in [2.24, 2.45) is 17.3 Å². The van der Waals surface area contributed by atoms with Crippen LogP contribution in [0.2, 0.25) is 0 Å². The summed E-state index contributed by atoms with van der Waals surface area (Å²) in [6.45, 7) is 8.18. The van der Waals surface area contributed by atoms with Crippen molar-refractivity contribution in [1.82, 2.24) is 0 Å². The quantitative estimate of drug-likeness (QED) is 0.0854. The van der Waals surface area contributed by atoms with Crippen molar-refractivity contribution in [1.29, 1.82) is 0 Å². The van der Waals surface area contributed by atoms with E-state index in [1.165, 1.54) is 0 Å². The predicted molar refractivity (Wildman–Crippen MR) is 122 cm³/mol. The topological polar surface area (TPSA) is 54.0 Å². The van der Waals surface area contributed by atoms with Crippen LogP contribution in [0.3, 0.4) is 0 Å². The summed E-state index contributed by atoms with van der Waals surface area (Å²) in [5.74, 6) is -7.62. The number of rotatable bonds is 15. The number of carbonyl (C=O) groups excluding carboxylic acids is 1. The number of hydrogen-bond donors (Lipinski definition) is 0. The van der Waals surface area contributed by atoms with Gasteiger partial charge in [0.2, 0.25) is 0 Å². The Labute approximate surface area is 205 Å². The zero-order valence-corrected chi connectivity index (χ0v) is 21.2. The lowest BCUT2D eigenvalue weighted by molar-refractivity contribution is -0.241. The molecule has 4 aliphatic carbocycles. The van der Waals surface area contributed by atoms with Crippen LogP contribution in [0.4, 0.5) is 17.6 Å². The fourth-order valence-corrected chi connectivity index (χ4v) is 6.40. The maximum Gasteiger partial charge on any atom is 0.333 e. The molecule has 4 aliphatic rings. The van der Waals surface area contributed by atoms with Gasteiger partial charge in [-0.05, 0) is 82.5 Å². The molecule has 5 nitrogen and oxygen atoms in total. The maximum absolute atomic E-state index is 13.7. The Hall–Kier alpha value is -1.19. The third kappa shape index (κ3) is 7.41. The van der Waals surface area contributed by atoms with E-state index in [0.717, 1.165) is 38.5 Å². The van der Waals surface area contributed by atoms with Gasteiger partial charge in [-0.25, -0.2) is 13.6 Å². The fourth-order valence-electron chi connectivity index (χ4n) is 6.40. The summed E-state index contributed by atoms with van der Waals surface area (Å²) in [7, 11) is 0. The standard InChI is InChI=1S/C26H40F4O5/c1-18(2)22(31)33-9-6-5-8-32-19(3)34-17-24-12-20-11-21(13-24)15-25(14-20,16-24)35-10-7-26(29,30)23(4,27)28/h19-21H,1,5-17H2,2-4H3. The molecular formula is C26H40F4O5. The molecule has 0 aromatic heterocycles. The van der Waals surface area contributed by atoms with Crippen LogP contribution in [-0.4, -0.2) is 56.1 Å². The van der Waals surface area contributed by atoms with Crippen LogP contribution in [0.25, 0.3) is 0 Å². The van der Waals surface area contributed by atoms with Crippen molar-refractivity contribution in [3.8, 4) is 0 Å². The SMILES string of the molecule is C=C(C)C(=O)OCCCCOC(C)OCC12CC3CC(C1)CC(OCCC(F)(F)C(C)(F)F)(C3)C2. The maximum atomic E-state index is 13.7. The van der Waals surface area contributed by atoms with E-state index in [4.69, 9.17) is 18.9 Å². The minimum Gasteiger partial charge on any atom is -0.462 e. The van der Waals surface area contributed by atoms with Crippen LogP contribution in [-0.2, 0) is 23.7 Å². The van der Waals surface area contributed by atoms with E-state index < -0.39 is 36.1 Å². The van der Waals surface area contributed by atoms with Gasteiger partial charge in [0.05, 0.1) is 25.4 Å². The number of unbranched alkanes of at least 4 members (excludes halogenated alkanes) is 1. The molecule has 4 bridgehead atoms. The van der Waals surface area contributed by atoms with Gasteiger partial charge in [-0.2, -0.15) is 8.78 Å². The molecule has 4 saturated carbocycles. The van der Waals surface area contributed by atoms with Gasteiger partial charge in [-0.1, -0.05) is 6.58 Å². The Balaban J connectivity index is 1.42. The second-order valence-electron chi connectivity index (χ2n) is 11.2. The molecule has 4 rings (SSSR count). The first kappa shape index (κ1) is 28.4. The molecule has 0 aliphatic heterocycles. The van der Waals surface area contributed by atoms with Crippen LogP contribution >= 0.6 is 0 Å². The third-order valence-corrected chi connectivity index (χ3v) is 7.69. The van der Waals surface area contributed by atoms with E-state index in [1.54, 1.807) is 6.92 Å². The van der Waals surface area contributed by atoms with Gasteiger partial charge in [-0.3, -0.25) is 0 Å². The first-order valence-electron chi connectivity index (χ1n) is 12.7. The van der Waals surface area contributed by atoms with Crippen molar-refractivity contribution in [2.45, 2.75) is 102 Å². The van der Waals surface area contributed by atoms with Gasteiger partial charge >= 0.3 is 17.8 Å². The summed E-state index contributed by atoms with van der Waals surface area (Å²) < 4.78 is 76.7. The summed E-state index contributed by atoms with van der Waals surface area (Å²) >= 11 is 0. The molecule has 202 valence electrons. The monoisotopic (exact) mass is 508 g/mol. The Bertz CT molecular complexity index is 737. The zero-order valence-electron chi connectivity index (χ0n) is 21.2. The highest BCUT2D eigenvalue weighted by Crippen LogP contribution is 2.63. The van der Waals surface area contributed by atoms with Crippen molar-refractivity contribution < 1.29 is 41.3 Å². The molecule has 0 aromatic carbocycles. The zero-order chi connectivity index (χ0) is 25.9. The molecule has 0 aromatic rings. The smallest absolute Gasteiger partial charge is 0.333 e. The summed E-state index contributed by atoms with van der Waals surface area (Å²) in [6, 6.07) is 0. The van der Waals surface area contributed by atoms with Crippen LogP contribution in [0.1, 0.15) is 78.6 Å². The van der Waals surface area contributed by atoms with E-state index in [1.807, 2.05) is 6.92 Å². The third-order valence-electron chi connectivity index (χ3n) is 7.69. The van der Waals surface area contributed by atoms with E-state index in [0.29, 0.717) is 50.1 Å². The van der Waals surface area contributed by atoms with Gasteiger partial charge in [-0.15, -0.1) is 0 Å². The average Bonchev–Trinajstić information content (AvgIpc) is 2.72. The van der Waals surface area contributed by atoms with E-state index >= 15 is 0 Å². The van der Waals surface area contributed by atoms with E-state index in [2.05, 4.69) is 6.58 Å². The molecule has 4 fully saturated rings. The molecule has 0 saturated heterocycles. The van der Waals surface area contributed by atoms with Crippen molar-refractivity contribution >= 4 is 5.97 Å². The summed E-state index contributed by atoms with van der Waals surface area (Å²) in [4.78, 5) is 11.4. The molecule has 0 spiro atoms. The van der Waals surface area contributed by atoms with E-state index in [-0.39, 0.29) is 18.9 Å². The highest BCUT2D eigenvalue weighted by atomic mass is 19.3. The van der Waals surface area contributed by atoms with Crippen LogP contribution in [0.5, 0.6) is 0 Å². The van der Waals surface area contributed by atoms with Gasteiger partial charge in [0.25, 0.3) is 0 Å². The minimum atomic E-state index is -4.07. The van der Waals surface area contributed by atoms with Gasteiger partial charge in [0, 0.05) is 25.5 Å². The Morgan fingerprint density at radius 1 is 1.03 bits per heavy atom. The molecule has 0 heterocycles. The Morgan fingerprint density at radius 2 is 1.66 bits per heavy atom. The molecule has 35 heavy (non-hydrogen) atoms. The number of halogens is 4. The highest BCUT2D eigenvalue weighted by Gasteiger charge is 2.59. The lowest BCUT2D eigenvalue weighted by atomic mass is 9.48. The summed E-state index contributed by atoms with van der Waals surface area (Å²) in [5, 5.41) is 0. The molecule has 0 N–H and O–H groups in total. The first-order chi connectivity index (χ1) is 16.2. The molecule has 9 heteroatoms. The number of alkyl halides is 4. The van der Waals surface area contributed by atoms with Gasteiger partial charge in [0.1, 0.15) is 0 Å². The summed E-state index contributed by atoms with van der Waals surface area (Å²) in [6.07, 6.45) is 5.49. The first-order valence-corrected chi connectivity index (χ1v) is 12.7. The van der Waals surface area contributed by atoms with Gasteiger partial charge in [0.15, 0.2) is 6.29 Å². The molecule has 3 atom stereocenters. The summed E-state index contributed by atoms with van der Waals surface area (Å²) in [5.41, 5.74) is -0.228. The highest BCUT2D eigenvalue weighted by molar-refractivity contribution is 5.86. The molecular weight excluding hydrogens is 468 g/mol. The van der Waals surface area contributed by atoms with E-state index in [9.17, 15) is 22.4 Å². The van der Waals surface area contributed by atoms with Crippen LogP contribution < -0.4 is 0 Å². The van der Waals surface area contributed by atoms with Crippen molar-refractivity contribution in [3.05, 3.63) is 12.2 Å². The second-order valence-corrected chi connectivity index (χ2v) is 11.2. The average molecular weight is 509 g/mol. The van der Waals surface area contributed by atoms with Crippen molar-refractivity contribution in [3.63, 3.8) is 0 Å². The number of carbonyl (C=O) groups is 1. The van der Waals surface area contributed by atoms with Gasteiger partial charge < -0.3 is 18.9 Å². The lowest BCUT2D eigenvalue weighted by Gasteiger charge is -2.61. The van der Waals surface area contributed by atoms with Crippen LogP contribution in [0, 0.1) is 17.3 Å². The second kappa shape index (κ2) is 11.1. The number of hydrogen-bond acceptors (Lipinski definition) is 5. The Kier molecular flexibility index (Phi) is 8.96. The fraction of sp³-hybridized carbons (Fsp3) is 0.885. The predicted octanol–water partition coefficient (Wildman–Crippen LogP) is 6.30. The molecule has 0 radical (unpaired) electrons. The lowest BCUT2D eigenvalue weighted by Crippen LogP contribution is -2.58. The number of esters is 1. The normalized spacial score (nSPS) is 30.9. The Morgan fingerprint density at radius 3 is 2.26 bits per heavy atom. The van der Waals surface area contributed by atoms with Crippen LogP contribution in [0.15, 0.2) is 12.2 Å². The number of ether oxygens (including phenoxy) is 4. The molecule has 0 amide bonds. The molecule has 3 unspecified atom stereocenters. The largest absolute Gasteiger partial charge is 0.462 e. The minimum absolute atomic E-state index is 0.0876.